The molecule has 2 heterocycles. The number of allylic oxidation sites excluding steroid dienone is 1. The van der Waals surface area contributed by atoms with Crippen molar-refractivity contribution in [3.63, 3.8) is 0 Å². The normalized spacial score (nSPS) is 11.2. The van der Waals surface area contributed by atoms with E-state index in [1.807, 2.05) is 30.3 Å². The lowest BCUT2D eigenvalue weighted by Crippen LogP contribution is -1.97. The predicted octanol–water partition coefficient (Wildman–Crippen LogP) is 4.61. The molecule has 0 fully saturated rings. The summed E-state index contributed by atoms with van der Waals surface area (Å²) in [6.07, 6.45) is 1.90. The van der Waals surface area contributed by atoms with Crippen molar-refractivity contribution >= 4 is 34.0 Å². The molecule has 0 bridgehead atoms. The van der Waals surface area contributed by atoms with Crippen molar-refractivity contribution in [2.45, 2.75) is 13.2 Å². The van der Waals surface area contributed by atoms with Gasteiger partial charge in [0.2, 0.25) is 0 Å². The molecule has 0 radical (unpaired) electrons. The van der Waals surface area contributed by atoms with Gasteiger partial charge in [0.05, 0.1) is 5.52 Å². The highest BCUT2D eigenvalue weighted by atomic mass is 32.1. The Kier molecular flexibility index (Phi) is 3.66. The van der Waals surface area contributed by atoms with E-state index in [1.54, 1.807) is 0 Å². The van der Waals surface area contributed by atoms with E-state index in [1.165, 1.54) is 0 Å². The van der Waals surface area contributed by atoms with Crippen LogP contribution in [0, 0.1) is 4.84 Å². The van der Waals surface area contributed by atoms with Crippen LogP contribution in [0.15, 0.2) is 59.5 Å². The molecule has 5 nitrogen and oxygen atoms in total. The number of aromatic amines is 1. The number of nitrogens with zero attached hydrogens (tertiary/aromatic N) is 2. The van der Waals surface area contributed by atoms with Crippen LogP contribution in [0.2, 0.25) is 0 Å². The smallest absolute Gasteiger partial charge is 0.284 e. The van der Waals surface area contributed by atoms with E-state index >= 15 is 0 Å². The van der Waals surface area contributed by atoms with Crippen LogP contribution in [0.25, 0.3) is 21.8 Å². The lowest BCUT2D eigenvalue weighted by molar-refractivity contribution is 0.264. The van der Waals surface area contributed by atoms with Crippen molar-refractivity contribution < 1.29 is 9.15 Å². The van der Waals surface area contributed by atoms with Crippen LogP contribution < -0.4 is 4.74 Å². The summed E-state index contributed by atoms with van der Waals surface area (Å²) in [5.41, 5.74) is 2.26. The average Bonchev–Trinajstić information content (AvgIpc) is 3.16. The Morgan fingerprint density at radius 3 is 2.83 bits per heavy atom. The van der Waals surface area contributed by atoms with E-state index in [9.17, 15) is 0 Å². The van der Waals surface area contributed by atoms with Gasteiger partial charge in [-0.05, 0) is 30.4 Å². The maximum atomic E-state index is 5.96. The van der Waals surface area contributed by atoms with Gasteiger partial charge in [-0.15, -0.1) is 11.7 Å². The molecule has 0 saturated heterocycles. The second-order valence-electron chi connectivity index (χ2n) is 5.36. The van der Waals surface area contributed by atoms with Crippen LogP contribution in [-0.4, -0.2) is 14.8 Å². The zero-order valence-corrected chi connectivity index (χ0v) is 13.7. The van der Waals surface area contributed by atoms with Crippen LogP contribution >= 0.6 is 12.2 Å². The predicted molar refractivity (Wildman–Crippen MR) is 95.7 cm³/mol. The fraction of sp³-hybridized carbons (Fsp3) is 0.111. The summed E-state index contributed by atoms with van der Waals surface area (Å²) in [4.78, 5) is 0.245. The van der Waals surface area contributed by atoms with Crippen molar-refractivity contribution in [1.29, 1.82) is 0 Å². The first-order chi connectivity index (χ1) is 11.8. The number of ether oxygens (including phenoxy) is 1. The van der Waals surface area contributed by atoms with E-state index in [-0.39, 0.29) is 11.4 Å². The molecule has 6 heteroatoms. The summed E-state index contributed by atoms with van der Waals surface area (Å²) < 4.78 is 13.4. The number of hydrogen-bond acceptors (Lipinski definition) is 4. The van der Waals surface area contributed by atoms with Gasteiger partial charge in [-0.1, -0.05) is 30.3 Å². The number of aromatic nitrogens is 3. The summed E-state index contributed by atoms with van der Waals surface area (Å²) in [6.45, 7) is 4.82. The second-order valence-corrected chi connectivity index (χ2v) is 5.73. The number of para-hydroxylation sites is 1. The Morgan fingerprint density at radius 2 is 2.04 bits per heavy atom. The molecule has 1 N–H and O–H groups in total. The fourth-order valence-corrected chi connectivity index (χ4v) is 3.12. The third kappa shape index (κ3) is 2.41. The molecule has 0 aliphatic carbocycles. The van der Waals surface area contributed by atoms with Crippen LogP contribution in [-0.2, 0) is 13.2 Å². The number of benzene rings is 2. The van der Waals surface area contributed by atoms with Crippen LogP contribution in [0.1, 0.15) is 5.89 Å². The zero-order valence-electron chi connectivity index (χ0n) is 12.9. The first-order valence-electron chi connectivity index (χ1n) is 7.56. The number of rotatable bonds is 5. The lowest BCUT2D eigenvalue weighted by atomic mass is 10.1. The quantitative estimate of drug-likeness (QED) is 0.427. The van der Waals surface area contributed by atoms with Gasteiger partial charge in [0.25, 0.3) is 10.7 Å². The van der Waals surface area contributed by atoms with Crippen molar-refractivity contribution in [3.8, 4) is 5.75 Å². The Morgan fingerprint density at radius 1 is 1.21 bits per heavy atom. The number of H-pyrrole nitrogens is 1. The standard InChI is InChI=1S/C18H15N3O2S/c1-2-10-21-13-7-4-3-6-12(13)17-14(21)8-5-9-15(17)22-11-16-19-20-18(24)23-16/h2-9H,1,10-11H2,(H,20,24). The molecular weight excluding hydrogens is 322 g/mol. The van der Waals surface area contributed by atoms with Gasteiger partial charge in [-0.2, -0.15) is 0 Å². The van der Waals surface area contributed by atoms with E-state index in [0.717, 1.165) is 34.1 Å². The van der Waals surface area contributed by atoms with Crippen LogP contribution in [0.5, 0.6) is 5.75 Å². The molecule has 0 atom stereocenters. The third-order valence-corrected chi connectivity index (χ3v) is 4.08. The molecule has 0 amide bonds. The molecule has 2 aromatic carbocycles. The largest absolute Gasteiger partial charge is 0.483 e. The van der Waals surface area contributed by atoms with E-state index in [4.69, 9.17) is 21.4 Å². The van der Waals surface area contributed by atoms with Crippen molar-refractivity contribution in [2.24, 2.45) is 0 Å². The molecule has 0 spiro atoms. The van der Waals surface area contributed by atoms with E-state index in [0.29, 0.717) is 5.89 Å². The minimum Gasteiger partial charge on any atom is -0.483 e. The highest BCUT2D eigenvalue weighted by Crippen LogP contribution is 2.35. The summed E-state index contributed by atoms with van der Waals surface area (Å²) in [6, 6.07) is 14.3. The summed E-state index contributed by atoms with van der Waals surface area (Å²) in [7, 11) is 0. The maximum absolute atomic E-state index is 5.96. The van der Waals surface area contributed by atoms with Gasteiger partial charge in [0.1, 0.15) is 5.75 Å². The van der Waals surface area contributed by atoms with Gasteiger partial charge in [0, 0.05) is 22.8 Å². The monoisotopic (exact) mass is 337 g/mol. The Balaban J connectivity index is 1.85. The first kappa shape index (κ1) is 14.7. The number of hydrogen-bond donors (Lipinski definition) is 1. The second kappa shape index (κ2) is 5.98. The Labute approximate surface area is 143 Å². The molecule has 2 aromatic heterocycles. The molecule has 0 unspecified atom stereocenters. The van der Waals surface area contributed by atoms with Crippen molar-refractivity contribution in [2.75, 3.05) is 0 Å². The van der Waals surface area contributed by atoms with E-state index < -0.39 is 0 Å². The molecule has 4 aromatic rings. The summed E-state index contributed by atoms with van der Waals surface area (Å²) >= 11 is 4.88. The van der Waals surface area contributed by atoms with Crippen LogP contribution in [0.3, 0.4) is 0 Å². The molecular formula is C18H15N3O2S. The number of nitrogens with one attached hydrogen (secondary N) is 1. The lowest BCUT2D eigenvalue weighted by Gasteiger charge is -2.06. The summed E-state index contributed by atoms with van der Waals surface area (Å²) in [5, 5.41) is 8.78. The highest BCUT2D eigenvalue weighted by molar-refractivity contribution is 7.71. The van der Waals surface area contributed by atoms with Gasteiger partial charge in [-0.3, -0.25) is 0 Å². The Bertz CT molecular complexity index is 1090. The average molecular weight is 337 g/mol. The molecule has 0 saturated carbocycles. The summed E-state index contributed by atoms with van der Waals surface area (Å²) in [5.74, 6) is 1.21. The number of fused-ring (bicyclic) bond motifs is 3. The Hall–Kier alpha value is -2.86. The van der Waals surface area contributed by atoms with Crippen molar-refractivity contribution in [3.05, 3.63) is 65.8 Å². The first-order valence-corrected chi connectivity index (χ1v) is 7.97. The zero-order chi connectivity index (χ0) is 16.5. The third-order valence-electron chi connectivity index (χ3n) is 3.90. The van der Waals surface area contributed by atoms with Gasteiger partial charge in [-0.25, -0.2) is 5.10 Å². The van der Waals surface area contributed by atoms with Gasteiger partial charge < -0.3 is 13.7 Å². The minimum atomic E-state index is 0.215. The topological polar surface area (TPSA) is 56.0 Å². The SMILES string of the molecule is C=CCn1c2ccccc2c2c(OCc3n[nH]c(=S)o3)cccc21. The van der Waals surface area contributed by atoms with Crippen LogP contribution in [0.4, 0.5) is 0 Å². The van der Waals surface area contributed by atoms with Crippen molar-refractivity contribution in [1.82, 2.24) is 14.8 Å². The van der Waals surface area contributed by atoms with Gasteiger partial charge >= 0.3 is 0 Å². The van der Waals surface area contributed by atoms with E-state index in [2.05, 4.69) is 39.5 Å². The molecule has 4 rings (SSSR count). The molecule has 120 valence electrons. The molecule has 24 heavy (non-hydrogen) atoms. The molecule has 0 aliphatic heterocycles. The maximum Gasteiger partial charge on any atom is 0.284 e. The minimum absolute atomic E-state index is 0.215. The fourth-order valence-electron chi connectivity index (χ4n) is 2.97. The highest BCUT2D eigenvalue weighted by Gasteiger charge is 2.14. The van der Waals surface area contributed by atoms with Gasteiger partial charge in [0.15, 0.2) is 6.61 Å². The molecule has 0 aliphatic rings.